The zero-order chi connectivity index (χ0) is 103. The van der Waals surface area contributed by atoms with Gasteiger partial charge in [-0.25, -0.2) is 0 Å². The minimum Gasteiger partial charge on any atom is -0.504 e. The van der Waals surface area contributed by atoms with Crippen LogP contribution in [-0.4, -0.2) is 91.1 Å². The van der Waals surface area contributed by atoms with Crippen molar-refractivity contribution >= 4 is 46.6 Å². The first-order chi connectivity index (χ1) is 65.3. The summed E-state index contributed by atoms with van der Waals surface area (Å²) in [6.07, 6.45) is 60.1. The molecule has 0 aromatic heterocycles. The van der Waals surface area contributed by atoms with Gasteiger partial charge in [0, 0.05) is 82.7 Å². The molecule has 0 spiro atoms. The van der Waals surface area contributed by atoms with Crippen LogP contribution in [0.5, 0.6) is 0 Å². The highest BCUT2D eigenvalue weighted by molar-refractivity contribution is 6.09. The maximum absolute atomic E-state index is 12.8. The molecular formula is C127H175NO13. The van der Waals surface area contributed by atoms with Gasteiger partial charge in [-0.1, -0.05) is 209 Å². The van der Waals surface area contributed by atoms with Gasteiger partial charge in [-0.3, -0.25) is 33.6 Å². The molecule has 0 aromatic rings. The lowest BCUT2D eigenvalue weighted by Crippen LogP contribution is -2.64. The van der Waals surface area contributed by atoms with Gasteiger partial charge < -0.3 is 34.9 Å². The van der Waals surface area contributed by atoms with Crippen molar-refractivity contribution in [3.05, 3.63) is 185 Å². The zero-order valence-corrected chi connectivity index (χ0v) is 92.2. The Hall–Kier alpha value is -8.00. The van der Waals surface area contributed by atoms with E-state index in [2.05, 4.69) is 194 Å². The SMILES string of the molecule is CC(=O)C[C@]1(C)CC[C@]2(C)CC[C@]3(C)C4=CC=C5C(=CC(=O)C(O)=C5C)[C@]4(C)CC[C@@]3(C)[C@@H]2C1.CC(=O)N(C)[C@]1(C)CC[C@]2(C)CC[C@]3(C)C4=CC=C5C(=CC(=O)C(O)=C5C)[C@]4(C)CC[C@@]3(C)[C@@H]2C1.CCCC(=O)C[C@]1(C)CC[C@]2(C)CC[C@]3(C)C4=CC=C5C(=CC(=O)C(O)=C5C)[C@]4(C)CC[C@@]3(C)[C@@H]2C1.CCOC(=O)C[C@]1(C)CC[C@]2(C)CC[C@]3(C)C4=CC=C5C(=CC(=O)C(O)=C5C)[C@]4(C)CC[C@@]3(C)[C@@H]2C1. The Morgan fingerprint density at radius 3 is 0.851 bits per heavy atom. The molecule has 0 aliphatic heterocycles. The minimum absolute atomic E-state index is 0.00931. The van der Waals surface area contributed by atoms with Gasteiger partial charge in [0.2, 0.25) is 29.0 Å². The van der Waals surface area contributed by atoms with Gasteiger partial charge in [0.15, 0.2) is 23.0 Å². The van der Waals surface area contributed by atoms with Gasteiger partial charge in [0.05, 0.1) is 13.0 Å². The number of nitrogens with zero attached hydrogens (tertiary/aromatic N) is 1. The normalized spacial score (nSPS) is 44.5. The summed E-state index contributed by atoms with van der Waals surface area (Å²) in [6, 6.07) is 0. The molecule has 141 heavy (non-hydrogen) atoms. The number of rotatable bonds is 10. The van der Waals surface area contributed by atoms with Gasteiger partial charge in [-0.15, -0.1) is 0 Å². The van der Waals surface area contributed by atoms with Gasteiger partial charge in [0.1, 0.15) is 11.6 Å². The summed E-state index contributed by atoms with van der Waals surface area (Å²) in [7, 11) is 1.99. The van der Waals surface area contributed by atoms with Gasteiger partial charge in [0.25, 0.3) is 0 Å². The third-order valence-corrected chi connectivity index (χ3v) is 47.7. The summed E-state index contributed by atoms with van der Waals surface area (Å²) in [5, 5.41) is 41.3. The quantitative estimate of drug-likeness (QED) is 0.149. The standard InChI is InChI=1S/C33H46O3.C32H44O4.C31H43NO3.C31H42O3/c1-8-9-22(34)19-29(3)12-13-30(4)14-16-32(6)26-11-10-23-21(2)28(36)25(35)18-24(23)31(26,5)15-17-33(32,7)27(30)20-29;1-8-36-26(34)19-28(3)11-12-29(4)13-15-31(6)24-10-9-21-20(2)27(35)23(33)17-22(21)30(24,5)14-16-32(31,7)25(29)18-28;1-19-21-9-10-24-29(5,22(21)17-23(34)26(19)35)14-16-31(7)25-18-28(4,32(8)20(2)33)13-11-27(25,3)12-15-30(24,31)6;1-19(32)17-27(3)10-11-28(4)12-14-30(6)24-9-8-21-20(2)26(34)23(33)16-22(21)29(24,5)13-15-31(30,7)25(28)18-27/h10-11,18,27,36H,8-9,12-17,19-20H2,1-7H3;9-10,17,25,35H,8,11-16,18-19H2,1-7H3;9-10,17,25,35H,11-16,18H2,1-8H3;8-9,16,25,34H,10-15,17-18H2,1-7H3/t27-,29+,30-,31+,32-,33+;25-,28-,29-,30+,31-,32+;25-,27-,28-,29+,30-,31+;25-,27+,28-,29+,30-,31+/m1111/s1. The van der Waals surface area contributed by atoms with E-state index in [0.29, 0.717) is 99.6 Å². The second kappa shape index (κ2) is 34.0. The van der Waals surface area contributed by atoms with Crippen LogP contribution >= 0.6 is 0 Å². The molecule has 14 nitrogen and oxygen atoms in total. The fraction of sp³-hybridized carbons (Fsp3) is 0.685. The average molecular weight is 1920 g/mol. The number of hydrogen-bond donors (Lipinski definition) is 4. The maximum Gasteiger partial charge on any atom is 0.306 e. The van der Waals surface area contributed by atoms with Gasteiger partial charge in [-0.2, -0.15) is 0 Å². The summed E-state index contributed by atoms with van der Waals surface area (Å²) in [5.41, 5.74) is 18.4. The number of hydrogen-bond acceptors (Lipinski definition) is 13. The number of carbonyl (C=O) groups is 8. The Balaban J connectivity index is 0.000000130. The minimum atomic E-state index is -0.265. The fourth-order valence-electron chi connectivity index (χ4n) is 37.2. The van der Waals surface area contributed by atoms with Crippen LogP contribution in [-0.2, 0) is 43.1 Å². The smallest absolute Gasteiger partial charge is 0.306 e. The number of Topliss-reactive ketones (excluding diaryl/α,β-unsaturated/α-hetero) is 2. The van der Waals surface area contributed by atoms with Crippen LogP contribution in [0, 0.1) is 127 Å². The second-order valence-corrected chi connectivity index (χ2v) is 55.5. The largest absolute Gasteiger partial charge is 0.504 e. The van der Waals surface area contributed by atoms with E-state index >= 15 is 0 Å². The van der Waals surface area contributed by atoms with E-state index in [1.54, 1.807) is 38.2 Å². The number of ether oxygens (including phenoxy) is 1. The molecule has 4 N–H and O–H groups in total. The van der Waals surface area contributed by atoms with E-state index in [0.717, 1.165) is 167 Å². The van der Waals surface area contributed by atoms with Crippen LogP contribution in [0.1, 0.15) is 406 Å². The lowest BCUT2D eigenvalue weighted by atomic mass is 9.34. The molecule has 0 bridgehead atoms. The Labute approximate surface area is 846 Å². The first kappa shape index (κ1) is 104. The Kier molecular flexibility index (Phi) is 25.2. The first-order valence-corrected chi connectivity index (χ1v) is 55.1. The molecule has 20 aliphatic rings. The van der Waals surface area contributed by atoms with Crippen molar-refractivity contribution in [2.24, 2.45) is 127 Å². The molecule has 0 radical (unpaired) electrons. The summed E-state index contributed by atoms with van der Waals surface area (Å²) >= 11 is 0. The lowest BCUT2D eigenvalue weighted by molar-refractivity contribution is -0.169. The molecule has 14 heteroatoms. The Morgan fingerprint density at radius 1 is 0.333 bits per heavy atom. The molecule has 0 aromatic carbocycles. The van der Waals surface area contributed by atoms with Crippen molar-refractivity contribution in [1.29, 1.82) is 0 Å². The summed E-state index contributed by atoms with van der Waals surface area (Å²) in [6.45, 7) is 64.2. The van der Waals surface area contributed by atoms with E-state index in [-0.39, 0.29) is 150 Å². The first-order valence-electron chi connectivity index (χ1n) is 55.1. The van der Waals surface area contributed by atoms with Gasteiger partial charge in [-0.05, 0) is 408 Å². The molecule has 766 valence electrons. The fourth-order valence-corrected chi connectivity index (χ4v) is 37.2. The van der Waals surface area contributed by atoms with E-state index in [1.807, 2.05) is 46.6 Å². The number of aliphatic hydroxyl groups excluding tert-OH is 4. The third-order valence-electron chi connectivity index (χ3n) is 47.7. The molecule has 20 rings (SSSR count). The van der Waals surface area contributed by atoms with Crippen molar-refractivity contribution < 1.29 is 63.5 Å². The number of allylic oxidation sites excluding steroid dienone is 28. The van der Waals surface area contributed by atoms with Crippen molar-refractivity contribution in [3.8, 4) is 0 Å². The van der Waals surface area contributed by atoms with Crippen LogP contribution in [0.3, 0.4) is 0 Å². The molecule has 12 saturated carbocycles. The Bertz CT molecular complexity index is 5830. The van der Waals surface area contributed by atoms with E-state index < -0.39 is 0 Å². The van der Waals surface area contributed by atoms with Crippen molar-refractivity contribution in [3.63, 3.8) is 0 Å². The molecule has 0 saturated heterocycles. The van der Waals surface area contributed by atoms with E-state index in [9.17, 15) is 58.8 Å². The van der Waals surface area contributed by atoms with Crippen molar-refractivity contribution in [2.45, 2.75) is 411 Å². The average Bonchev–Trinajstić information content (AvgIpc) is 0.685. The summed E-state index contributed by atoms with van der Waals surface area (Å²) in [4.78, 5) is 102. The highest BCUT2D eigenvalue weighted by Crippen LogP contribution is 2.82. The maximum atomic E-state index is 12.8. The number of fused-ring (bicyclic) bond motifs is 28. The molecule has 20 aliphatic carbocycles. The predicted octanol–water partition coefficient (Wildman–Crippen LogP) is 30.4. The van der Waals surface area contributed by atoms with Crippen molar-refractivity contribution in [1.82, 2.24) is 4.90 Å². The van der Waals surface area contributed by atoms with Gasteiger partial charge >= 0.3 is 5.97 Å². The molecule has 0 unspecified atom stereocenters. The zero-order valence-electron chi connectivity index (χ0n) is 92.2. The van der Waals surface area contributed by atoms with E-state index in [1.165, 1.54) is 92.9 Å². The second-order valence-electron chi connectivity index (χ2n) is 55.5. The molecule has 12 fully saturated rings. The third kappa shape index (κ3) is 15.2. The lowest BCUT2D eigenvalue weighted by Gasteiger charge is -2.70. The molecule has 1 amide bonds. The number of esters is 1. The van der Waals surface area contributed by atoms with Crippen LogP contribution in [0.2, 0.25) is 0 Å². The van der Waals surface area contributed by atoms with Crippen LogP contribution in [0.15, 0.2) is 185 Å². The number of ketones is 6. The summed E-state index contributed by atoms with van der Waals surface area (Å²) in [5.74, 6) is 1.60. The molecule has 24 atom stereocenters. The van der Waals surface area contributed by atoms with Crippen LogP contribution < -0.4 is 0 Å². The van der Waals surface area contributed by atoms with Crippen molar-refractivity contribution in [2.75, 3.05) is 13.7 Å². The molecule has 0 heterocycles. The highest BCUT2D eigenvalue weighted by Gasteiger charge is 2.73. The predicted molar refractivity (Wildman–Crippen MR) is 564 cm³/mol. The summed E-state index contributed by atoms with van der Waals surface area (Å²) < 4.78 is 5.37. The molecular weight excluding hydrogens is 1750 g/mol. The Morgan fingerprint density at radius 2 is 0.589 bits per heavy atom. The van der Waals surface area contributed by atoms with E-state index in [4.69, 9.17) is 4.74 Å². The number of aliphatic hydroxyl groups is 4. The topological polar surface area (TPSA) is 230 Å². The highest BCUT2D eigenvalue weighted by atomic mass is 16.5. The number of carbonyl (C=O) groups excluding carboxylic acids is 8. The monoisotopic (exact) mass is 1920 g/mol. The number of amides is 1. The van der Waals surface area contributed by atoms with Crippen LogP contribution in [0.4, 0.5) is 0 Å². The van der Waals surface area contributed by atoms with Crippen LogP contribution in [0.25, 0.3) is 0 Å².